The summed E-state index contributed by atoms with van der Waals surface area (Å²) in [4.78, 5) is 0. The van der Waals surface area contributed by atoms with Gasteiger partial charge in [-0.1, -0.05) is 109 Å². The van der Waals surface area contributed by atoms with E-state index in [-0.39, 0.29) is 5.56 Å². The fourth-order valence-corrected chi connectivity index (χ4v) is 3.87. The molecule has 0 bridgehead atoms. The first-order chi connectivity index (χ1) is 16.6. The zero-order chi connectivity index (χ0) is 25.1. The highest BCUT2D eigenvalue weighted by molar-refractivity contribution is 5.83. The predicted octanol–water partition coefficient (Wildman–Crippen LogP) is 7.18. The molecule has 0 aliphatic carbocycles. The maximum Gasteiger partial charge on any atom is 0.433 e. The van der Waals surface area contributed by atoms with E-state index >= 15 is 0 Å². The summed E-state index contributed by atoms with van der Waals surface area (Å²) in [5, 5.41) is 12.2. The van der Waals surface area contributed by atoms with Crippen molar-refractivity contribution in [2.45, 2.75) is 37.3 Å². The van der Waals surface area contributed by atoms with Gasteiger partial charge < -0.3 is 9.84 Å². The molecule has 2 nitrogen and oxygen atoms in total. The molecule has 4 aromatic rings. The number of ether oxygens (including phenoxy) is 1. The molecule has 0 unspecified atom stereocenters. The summed E-state index contributed by atoms with van der Waals surface area (Å²) in [5.74, 6) is 4.70. The second-order valence-corrected chi connectivity index (χ2v) is 8.85. The van der Waals surface area contributed by atoms with Crippen LogP contribution >= 0.6 is 0 Å². The first-order valence-electron chi connectivity index (χ1n) is 11.2. The number of fused-ring (bicyclic) bond motifs is 1. The van der Waals surface area contributed by atoms with Gasteiger partial charge in [-0.2, -0.15) is 13.2 Å². The Labute approximate surface area is 203 Å². The van der Waals surface area contributed by atoms with E-state index in [4.69, 9.17) is 4.74 Å². The summed E-state index contributed by atoms with van der Waals surface area (Å²) in [6.45, 7) is 3.19. The highest BCUT2D eigenvalue weighted by Crippen LogP contribution is 2.40. The van der Waals surface area contributed by atoms with Crippen molar-refractivity contribution >= 4 is 10.8 Å². The minimum Gasteiger partial charge on any atom is -0.366 e. The van der Waals surface area contributed by atoms with Crippen LogP contribution in [0.3, 0.4) is 0 Å². The molecule has 35 heavy (non-hydrogen) atoms. The van der Waals surface area contributed by atoms with Crippen LogP contribution in [0.2, 0.25) is 0 Å². The number of aliphatic hydroxyl groups is 1. The second kappa shape index (κ2) is 9.58. The number of hydrogen-bond acceptors (Lipinski definition) is 2. The van der Waals surface area contributed by atoms with E-state index in [1.54, 1.807) is 44.2 Å². The van der Waals surface area contributed by atoms with Gasteiger partial charge in [0.15, 0.2) is 0 Å². The van der Waals surface area contributed by atoms with Crippen LogP contribution in [0, 0.1) is 11.8 Å². The standard InChI is InChI=1S/C30H25F3O2/c1-28(2,35-27(23-12-5-3-6-13-23)24-14-7-4-8-15-24)19-20-29(34,30(31,32)33)26-18-17-22-11-9-10-16-25(22)21-26/h3-18,21,27,34H,1-2H3/t29-/m1/s1. The van der Waals surface area contributed by atoms with Crippen LogP contribution in [-0.2, 0) is 10.3 Å². The third-order valence-electron chi connectivity index (χ3n) is 5.74. The lowest BCUT2D eigenvalue weighted by Gasteiger charge is -2.29. The Kier molecular flexibility index (Phi) is 6.71. The average molecular weight is 475 g/mol. The van der Waals surface area contributed by atoms with Crippen LogP contribution in [0.15, 0.2) is 103 Å². The van der Waals surface area contributed by atoms with Crippen molar-refractivity contribution in [2.75, 3.05) is 0 Å². The van der Waals surface area contributed by atoms with Crippen molar-refractivity contribution in [1.82, 2.24) is 0 Å². The van der Waals surface area contributed by atoms with Crippen LogP contribution in [0.1, 0.15) is 36.6 Å². The quantitative estimate of drug-likeness (QED) is 0.311. The smallest absolute Gasteiger partial charge is 0.366 e. The van der Waals surface area contributed by atoms with Crippen LogP contribution < -0.4 is 0 Å². The topological polar surface area (TPSA) is 29.5 Å². The predicted molar refractivity (Wildman–Crippen MR) is 132 cm³/mol. The molecular formula is C30H25F3O2. The molecule has 0 amide bonds. The molecule has 4 rings (SSSR count). The van der Waals surface area contributed by atoms with Gasteiger partial charge in [-0.05, 0) is 41.8 Å². The van der Waals surface area contributed by atoms with Crippen LogP contribution in [0.5, 0.6) is 0 Å². The molecule has 0 spiro atoms. The lowest BCUT2D eigenvalue weighted by molar-refractivity contribution is -0.240. The third-order valence-corrected chi connectivity index (χ3v) is 5.74. The highest BCUT2D eigenvalue weighted by Gasteiger charge is 2.54. The van der Waals surface area contributed by atoms with Crippen molar-refractivity contribution in [3.8, 4) is 11.8 Å². The van der Waals surface area contributed by atoms with E-state index in [1.165, 1.54) is 12.1 Å². The van der Waals surface area contributed by atoms with E-state index in [0.717, 1.165) is 16.5 Å². The van der Waals surface area contributed by atoms with E-state index in [9.17, 15) is 18.3 Å². The SMILES string of the molecule is CC(C)(C#C[C@@](O)(c1ccc2ccccc2c1)C(F)(F)F)OC(c1ccccc1)c1ccccc1. The first-order valence-corrected chi connectivity index (χ1v) is 11.2. The molecule has 0 heterocycles. The average Bonchev–Trinajstić information content (AvgIpc) is 2.86. The lowest BCUT2D eigenvalue weighted by atomic mass is 9.90. The Bertz CT molecular complexity index is 1310. The normalized spacial score (nSPS) is 13.8. The number of halogens is 3. The number of rotatable bonds is 5. The van der Waals surface area contributed by atoms with Crippen molar-refractivity contribution in [1.29, 1.82) is 0 Å². The van der Waals surface area contributed by atoms with Crippen molar-refractivity contribution < 1.29 is 23.0 Å². The summed E-state index contributed by atoms with van der Waals surface area (Å²) < 4.78 is 48.8. The molecule has 0 saturated heterocycles. The summed E-state index contributed by atoms with van der Waals surface area (Å²) in [6, 6.07) is 29.9. The van der Waals surface area contributed by atoms with E-state index < -0.39 is 23.5 Å². The summed E-state index contributed by atoms with van der Waals surface area (Å²) in [5.41, 5.74) is -3.32. The Morgan fingerprint density at radius 2 is 1.20 bits per heavy atom. The van der Waals surface area contributed by atoms with Gasteiger partial charge >= 0.3 is 6.18 Å². The Morgan fingerprint density at radius 3 is 1.74 bits per heavy atom. The molecule has 0 radical (unpaired) electrons. The maximum atomic E-state index is 14.2. The molecule has 5 heteroatoms. The van der Waals surface area contributed by atoms with Gasteiger partial charge in [-0.25, -0.2) is 0 Å². The van der Waals surface area contributed by atoms with Gasteiger partial charge in [0.05, 0.1) is 0 Å². The fraction of sp³-hybridized carbons (Fsp3) is 0.200. The minimum atomic E-state index is -5.02. The second-order valence-electron chi connectivity index (χ2n) is 8.85. The van der Waals surface area contributed by atoms with Gasteiger partial charge in [-0.3, -0.25) is 0 Å². The van der Waals surface area contributed by atoms with E-state index in [2.05, 4.69) is 11.8 Å². The molecule has 1 atom stereocenters. The molecule has 0 saturated carbocycles. The van der Waals surface area contributed by atoms with Gasteiger partial charge in [0.25, 0.3) is 0 Å². The van der Waals surface area contributed by atoms with Gasteiger partial charge in [0.2, 0.25) is 5.60 Å². The zero-order valence-electron chi connectivity index (χ0n) is 19.4. The van der Waals surface area contributed by atoms with E-state index in [1.807, 2.05) is 60.7 Å². The molecule has 0 aliphatic rings. The monoisotopic (exact) mass is 474 g/mol. The van der Waals surface area contributed by atoms with Gasteiger partial charge in [0.1, 0.15) is 11.7 Å². The molecule has 1 N–H and O–H groups in total. The zero-order valence-corrected chi connectivity index (χ0v) is 19.4. The number of benzene rings is 4. The molecular weight excluding hydrogens is 449 g/mol. The molecule has 0 aliphatic heterocycles. The van der Waals surface area contributed by atoms with Gasteiger partial charge in [0, 0.05) is 5.56 Å². The first kappa shape index (κ1) is 24.5. The summed E-state index contributed by atoms with van der Waals surface area (Å²) in [7, 11) is 0. The highest BCUT2D eigenvalue weighted by atomic mass is 19.4. The third kappa shape index (κ3) is 5.40. The number of hydrogen-bond donors (Lipinski definition) is 1. The summed E-state index contributed by atoms with van der Waals surface area (Å²) in [6.07, 6.45) is -5.57. The fourth-order valence-electron chi connectivity index (χ4n) is 3.87. The Morgan fingerprint density at radius 1 is 0.686 bits per heavy atom. The van der Waals surface area contributed by atoms with Crippen molar-refractivity contribution in [2.24, 2.45) is 0 Å². The largest absolute Gasteiger partial charge is 0.433 e. The number of alkyl halides is 3. The van der Waals surface area contributed by atoms with Crippen LogP contribution in [-0.4, -0.2) is 16.9 Å². The molecule has 0 aromatic heterocycles. The Balaban J connectivity index is 1.72. The van der Waals surface area contributed by atoms with Crippen molar-refractivity contribution in [3.63, 3.8) is 0 Å². The van der Waals surface area contributed by atoms with Crippen molar-refractivity contribution in [3.05, 3.63) is 120 Å². The van der Waals surface area contributed by atoms with E-state index in [0.29, 0.717) is 5.39 Å². The lowest BCUT2D eigenvalue weighted by Crippen LogP contribution is -2.41. The van der Waals surface area contributed by atoms with Gasteiger partial charge in [-0.15, -0.1) is 0 Å². The summed E-state index contributed by atoms with van der Waals surface area (Å²) >= 11 is 0. The molecule has 4 aromatic carbocycles. The molecule has 0 fully saturated rings. The van der Waals surface area contributed by atoms with Crippen LogP contribution in [0.4, 0.5) is 13.2 Å². The minimum absolute atomic E-state index is 0.338. The van der Waals surface area contributed by atoms with Crippen LogP contribution in [0.25, 0.3) is 10.8 Å². The molecule has 178 valence electrons. The maximum absolute atomic E-state index is 14.2. The Hall–Kier alpha value is -3.59.